The first-order chi connectivity index (χ1) is 6.69. The van der Waals surface area contributed by atoms with Crippen molar-refractivity contribution in [3.63, 3.8) is 0 Å². The Balaban J connectivity index is 2.69. The second-order valence-electron chi connectivity index (χ2n) is 2.44. The molecule has 0 fully saturated rings. The Labute approximate surface area is 80.6 Å². The average molecular weight is 198 g/mol. The van der Waals surface area contributed by atoms with Crippen LogP contribution in [0.4, 0.5) is 0 Å². The van der Waals surface area contributed by atoms with Gasteiger partial charge in [0.1, 0.15) is 0 Å². The minimum atomic E-state index is -1.03. The molecule has 0 aromatic carbocycles. The highest BCUT2D eigenvalue weighted by Crippen LogP contribution is 2.06. The van der Waals surface area contributed by atoms with Gasteiger partial charge in [0.25, 0.3) is 5.91 Å². The fourth-order valence-corrected chi connectivity index (χ4v) is 0.887. The van der Waals surface area contributed by atoms with E-state index in [0.717, 1.165) is 0 Å². The first-order valence-electron chi connectivity index (χ1n) is 4.06. The number of amides is 1. The zero-order valence-electron chi connectivity index (χ0n) is 7.89. The zero-order chi connectivity index (χ0) is 10.6. The maximum Gasteiger partial charge on any atom is 0.324 e. The molecular weight excluding hydrogens is 188 g/mol. The normalized spacial score (nSPS) is 20.3. The molecule has 1 unspecified atom stereocenters. The molecule has 14 heavy (non-hydrogen) atoms. The van der Waals surface area contributed by atoms with Crippen LogP contribution in [0.15, 0.2) is 9.98 Å². The van der Waals surface area contributed by atoms with Crippen LogP contribution in [0, 0.1) is 5.92 Å². The van der Waals surface area contributed by atoms with Gasteiger partial charge >= 0.3 is 12.0 Å². The molecule has 76 valence electrons. The van der Waals surface area contributed by atoms with Crippen molar-refractivity contribution in [2.45, 2.75) is 6.92 Å². The van der Waals surface area contributed by atoms with Crippen LogP contribution in [-0.4, -0.2) is 37.8 Å². The number of ether oxygens (including phenoxy) is 2. The van der Waals surface area contributed by atoms with E-state index in [2.05, 4.69) is 19.5 Å². The molecule has 6 heteroatoms. The van der Waals surface area contributed by atoms with Gasteiger partial charge in [0.15, 0.2) is 5.92 Å². The SMILES string of the molecule is CCOC(=O)C1C=NC(OC)=NC1=O. The largest absolute Gasteiger partial charge is 0.467 e. The van der Waals surface area contributed by atoms with Crippen LogP contribution in [0.3, 0.4) is 0 Å². The smallest absolute Gasteiger partial charge is 0.324 e. The number of rotatable bonds is 2. The van der Waals surface area contributed by atoms with Gasteiger partial charge in [-0.2, -0.15) is 4.99 Å². The van der Waals surface area contributed by atoms with E-state index in [1.165, 1.54) is 13.3 Å². The summed E-state index contributed by atoms with van der Waals surface area (Å²) in [7, 11) is 1.34. The quantitative estimate of drug-likeness (QED) is 0.454. The Kier molecular flexibility index (Phi) is 3.33. The predicted octanol–water partition coefficient (Wildman–Crippen LogP) is -0.221. The number of amidine groups is 1. The van der Waals surface area contributed by atoms with Gasteiger partial charge in [-0.3, -0.25) is 9.59 Å². The molecule has 0 spiro atoms. The van der Waals surface area contributed by atoms with Gasteiger partial charge in [-0.1, -0.05) is 0 Å². The van der Waals surface area contributed by atoms with E-state index < -0.39 is 17.8 Å². The summed E-state index contributed by atoms with van der Waals surface area (Å²) in [5.41, 5.74) is 0. The molecule has 0 saturated carbocycles. The summed E-state index contributed by atoms with van der Waals surface area (Å²) in [5, 5.41) is 0. The van der Waals surface area contributed by atoms with Crippen molar-refractivity contribution in [3.05, 3.63) is 0 Å². The number of carbonyl (C=O) groups excluding carboxylic acids is 2. The number of carbonyl (C=O) groups is 2. The summed E-state index contributed by atoms with van der Waals surface area (Å²) >= 11 is 0. The highest BCUT2D eigenvalue weighted by molar-refractivity contribution is 6.17. The standard InChI is InChI=1S/C8H10N2O4/c1-3-14-7(12)5-4-9-8(13-2)10-6(5)11/h4-5H,3H2,1-2H3. The Morgan fingerprint density at radius 2 is 2.36 bits per heavy atom. The van der Waals surface area contributed by atoms with E-state index in [0.29, 0.717) is 0 Å². The summed E-state index contributed by atoms with van der Waals surface area (Å²) in [6.45, 7) is 1.88. The van der Waals surface area contributed by atoms with Crippen molar-refractivity contribution < 1.29 is 19.1 Å². The van der Waals surface area contributed by atoms with Gasteiger partial charge in [0.2, 0.25) is 0 Å². The van der Waals surface area contributed by atoms with E-state index >= 15 is 0 Å². The van der Waals surface area contributed by atoms with E-state index in [-0.39, 0.29) is 12.6 Å². The molecule has 0 aromatic heterocycles. The maximum atomic E-state index is 11.2. The summed E-state index contributed by atoms with van der Waals surface area (Å²) in [4.78, 5) is 29.5. The maximum absolute atomic E-state index is 11.2. The summed E-state index contributed by atoms with van der Waals surface area (Å²) in [5.74, 6) is -2.29. The molecule has 1 atom stereocenters. The second-order valence-corrected chi connectivity index (χ2v) is 2.44. The number of nitrogens with zero attached hydrogens (tertiary/aromatic N) is 2. The fraction of sp³-hybridized carbons (Fsp3) is 0.500. The molecule has 0 bridgehead atoms. The first kappa shape index (κ1) is 10.4. The third kappa shape index (κ3) is 2.15. The molecule has 0 aliphatic carbocycles. The van der Waals surface area contributed by atoms with Crippen LogP contribution >= 0.6 is 0 Å². The summed E-state index contributed by atoms with van der Waals surface area (Å²) < 4.78 is 9.29. The molecule has 1 rings (SSSR count). The monoisotopic (exact) mass is 198 g/mol. The fourth-order valence-electron chi connectivity index (χ4n) is 0.887. The van der Waals surface area contributed by atoms with Crippen LogP contribution in [0.5, 0.6) is 0 Å². The molecular formula is C8H10N2O4. The molecule has 0 saturated heterocycles. The van der Waals surface area contributed by atoms with Crippen molar-refractivity contribution >= 4 is 24.1 Å². The minimum absolute atomic E-state index is 0.0458. The predicted molar refractivity (Wildman–Crippen MR) is 48.1 cm³/mol. The van der Waals surface area contributed by atoms with Gasteiger partial charge < -0.3 is 9.47 Å². The Bertz CT molecular complexity index is 308. The lowest BCUT2D eigenvalue weighted by atomic mass is 10.1. The molecule has 1 heterocycles. The zero-order valence-corrected chi connectivity index (χ0v) is 7.89. The van der Waals surface area contributed by atoms with Crippen molar-refractivity contribution in [1.29, 1.82) is 0 Å². The van der Waals surface area contributed by atoms with Crippen molar-refractivity contribution in [1.82, 2.24) is 0 Å². The topological polar surface area (TPSA) is 77.3 Å². The van der Waals surface area contributed by atoms with Crippen molar-refractivity contribution in [3.8, 4) is 0 Å². The van der Waals surface area contributed by atoms with E-state index in [9.17, 15) is 9.59 Å². The average Bonchev–Trinajstić information content (AvgIpc) is 2.17. The molecule has 0 radical (unpaired) electrons. The highest BCUT2D eigenvalue weighted by atomic mass is 16.5. The third-order valence-electron chi connectivity index (χ3n) is 1.53. The van der Waals surface area contributed by atoms with Crippen molar-refractivity contribution in [2.75, 3.05) is 13.7 Å². The molecule has 0 N–H and O–H groups in total. The molecule has 1 aliphatic heterocycles. The van der Waals surface area contributed by atoms with Gasteiger partial charge in [0, 0.05) is 6.21 Å². The Morgan fingerprint density at radius 1 is 1.64 bits per heavy atom. The van der Waals surface area contributed by atoms with Gasteiger partial charge in [-0.15, -0.1) is 0 Å². The summed E-state index contributed by atoms with van der Waals surface area (Å²) in [6.07, 6.45) is 1.17. The third-order valence-corrected chi connectivity index (χ3v) is 1.53. The lowest BCUT2D eigenvalue weighted by Crippen LogP contribution is -2.30. The van der Waals surface area contributed by atoms with E-state index in [1.54, 1.807) is 6.92 Å². The molecule has 1 aliphatic rings. The number of methoxy groups -OCH3 is 1. The lowest BCUT2D eigenvalue weighted by Gasteiger charge is -2.10. The number of hydrogen-bond acceptors (Lipinski definition) is 5. The second kappa shape index (κ2) is 4.50. The van der Waals surface area contributed by atoms with Gasteiger partial charge in [0.05, 0.1) is 13.7 Å². The number of aliphatic imine (C=N–C) groups is 2. The van der Waals surface area contributed by atoms with E-state index in [4.69, 9.17) is 0 Å². The van der Waals surface area contributed by atoms with Crippen LogP contribution in [0.25, 0.3) is 0 Å². The molecule has 0 aromatic rings. The van der Waals surface area contributed by atoms with Crippen LogP contribution in [-0.2, 0) is 19.1 Å². The highest BCUT2D eigenvalue weighted by Gasteiger charge is 2.29. The first-order valence-corrected chi connectivity index (χ1v) is 4.06. The minimum Gasteiger partial charge on any atom is -0.467 e. The molecule has 6 nitrogen and oxygen atoms in total. The van der Waals surface area contributed by atoms with Gasteiger partial charge in [-0.05, 0) is 6.92 Å². The van der Waals surface area contributed by atoms with Crippen molar-refractivity contribution in [2.24, 2.45) is 15.9 Å². The lowest BCUT2D eigenvalue weighted by molar-refractivity contribution is -0.148. The van der Waals surface area contributed by atoms with Gasteiger partial charge in [-0.25, -0.2) is 4.99 Å². The van der Waals surface area contributed by atoms with Crippen LogP contribution in [0.1, 0.15) is 6.92 Å². The molecule has 1 amide bonds. The Morgan fingerprint density at radius 3 is 2.86 bits per heavy atom. The number of hydrogen-bond donors (Lipinski definition) is 0. The van der Waals surface area contributed by atoms with Crippen LogP contribution in [0.2, 0.25) is 0 Å². The number of esters is 1. The Hall–Kier alpha value is -1.72. The summed E-state index contributed by atoms with van der Waals surface area (Å²) in [6, 6.07) is -0.0458. The van der Waals surface area contributed by atoms with Crippen LogP contribution < -0.4 is 0 Å². The van der Waals surface area contributed by atoms with E-state index in [1.807, 2.05) is 0 Å².